The lowest BCUT2D eigenvalue weighted by Crippen LogP contribution is -2.36. The molecule has 2 aliphatic heterocycles. The minimum absolute atomic E-state index is 0.0203. The zero-order valence-corrected chi connectivity index (χ0v) is 10.8. The van der Waals surface area contributed by atoms with Crippen molar-refractivity contribution in [2.45, 2.75) is 12.5 Å². The van der Waals surface area contributed by atoms with Gasteiger partial charge in [0.2, 0.25) is 5.91 Å². The lowest BCUT2D eigenvalue weighted by atomic mass is 10.1. The monoisotopic (exact) mass is 256 g/mol. The quantitative estimate of drug-likeness (QED) is 0.824. The lowest BCUT2D eigenvalue weighted by molar-refractivity contribution is -0.118. The minimum atomic E-state index is 0.0203. The number of carbonyl (C=O) groups excluding carboxylic acids is 1. The summed E-state index contributed by atoms with van der Waals surface area (Å²) in [6.07, 6.45) is 2.94. The van der Waals surface area contributed by atoms with Gasteiger partial charge in [-0.1, -0.05) is 6.07 Å². The van der Waals surface area contributed by atoms with Crippen LogP contribution >= 0.6 is 0 Å². The van der Waals surface area contributed by atoms with Crippen LogP contribution in [0.5, 0.6) is 0 Å². The highest BCUT2D eigenvalue weighted by molar-refractivity contribution is 6.06. The molecule has 0 aliphatic carbocycles. The number of benzene rings is 1. The van der Waals surface area contributed by atoms with E-state index in [4.69, 9.17) is 0 Å². The summed E-state index contributed by atoms with van der Waals surface area (Å²) >= 11 is 0. The smallest absolute Gasteiger partial charge is 0.244 e. The SMILES string of the molecule is Cn1ncc2c(N3CC4CCNC4C3=O)cccc21. The van der Waals surface area contributed by atoms with Crippen LogP contribution in [-0.4, -0.2) is 34.8 Å². The lowest BCUT2D eigenvalue weighted by Gasteiger charge is -2.18. The molecule has 2 atom stereocenters. The molecule has 0 radical (unpaired) electrons. The zero-order valence-electron chi connectivity index (χ0n) is 10.8. The third kappa shape index (κ3) is 1.45. The molecule has 0 bridgehead atoms. The van der Waals surface area contributed by atoms with Crippen LogP contribution in [0.3, 0.4) is 0 Å². The fraction of sp³-hybridized carbons (Fsp3) is 0.429. The van der Waals surface area contributed by atoms with Crippen molar-refractivity contribution in [2.75, 3.05) is 18.0 Å². The molecule has 5 heteroatoms. The molecule has 5 nitrogen and oxygen atoms in total. The summed E-state index contributed by atoms with van der Waals surface area (Å²) in [4.78, 5) is 14.4. The summed E-state index contributed by atoms with van der Waals surface area (Å²) < 4.78 is 1.85. The van der Waals surface area contributed by atoms with Gasteiger partial charge >= 0.3 is 0 Å². The van der Waals surface area contributed by atoms with E-state index in [9.17, 15) is 4.79 Å². The molecule has 2 aliphatic rings. The Morgan fingerprint density at radius 2 is 2.32 bits per heavy atom. The molecule has 2 unspecified atom stereocenters. The number of anilines is 1. The van der Waals surface area contributed by atoms with Crippen molar-refractivity contribution in [3.8, 4) is 0 Å². The fourth-order valence-electron chi connectivity index (χ4n) is 3.35. The first-order chi connectivity index (χ1) is 9.25. The van der Waals surface area contributed by atoms with Crippen LogP contribution in [0, 0.1) is 5.92 Å². The molecule has 19 heavy (non-hydrogen) atoms. The third-order valence-corrected chi connectivity index (χ3v) is 4.36. The van der Waals surface area contributed by atoms with Crippen LogP contribution in [0.4, 0.5) is 5.69 Å². The Balaban J connectivity index is 1.81. The van der Waals surface area contributed by atoms with Gasteiger partial charge in [-0.15, -0.1) is 0 Å². The molecule has 1 aromatic heterocycles. The highest BCUT2D eigenvalue weighted by Gasteiger charge is 2.43. The highest BCUT2D eigenvalue weighted by atomic mass is 16.2. The average Bonchev–Trinajstić information content (AvgIpc) is 3.08. The molecule has 2 aromatic rings. The van der Waals surface area contributed by atoms with Gasteiger partial charge in [-0.3, -0.25) is 9.48 Å². The van der Waals surface area contributed by atoms with Gasteiger partial charge in [0, 0.05) is 24.9 Å². The number of hydrogen-bond donors (Lipinski definition) is 1. The Hall–Kier alpha value is -1.88. The van der Waals surface area contributed by atoms with E-state index in [2.05, 4.69) is 10.4 Å². The average molecular weight is 256 g/mol. The number of nitrogens with one attached hydrogen (secondary N) is 1. The number of nitrogens with zero attached hydrogens (tertiary/aromatic N) is 3. The van der Waals surface area contributed by atoms with E-state index in [-0.39, 0.29) is 11.9 Å². The molecule has 2 saturated heterocycles. The summed E-state index contributed by atoms with van der Waals surface area (Å²) in [5, 5.41) is 8.65. The zero-order chi connectivity index (χ0) is 13.0. The molecule has 98 valence electrons. The molecule has 3 heterocycles. The third-order valence-electron chi connectivity index (χ3n) is 4.36. The molecule has 1 N–H and O–H groups in total. The Bertz CT molecular complexity index is 663. The first-order valence-corrected chi connectivity index (χ1v) is 6.71. The van der Waals surface area contributed by atoms with E-state index >= 15 is 0 Å². The predicted octanol–water partition coefficient (Wildman–Crippen LogP) is 0.898. The number of hydrogen-bond acceptors (Lipinski definition) is 3. The molecular weight excluding hydrogens is 240 g/mol. The highest BCUT2D eigenvalue weighted by Crippen LogP contribution is 2.34. The number of amides is 1. The van der Waals surface area contributed by atoms with Crippen molar-refractivity contribution in [3.63, 3.8) is 0 Å². The van der Waals surface area contributed by atoms with E-state index in [0.29, 0.717) is 5.92 Å². The summed E-state index contributed by atoms with van der Waals surface area (Å²) in [7, 11) is 1.92. The maximum atomic E-state index is 12.5. The second-order valence-electron chi connectivity index (χ2n) is 5.41. The van der Waals surface area contributed by atoms with Crippen molar-refractivity contribution in [2.24, 2.45) is 13.0 Å². The maximum absolute atomic E-state index is 12.5. The van der Waals surface area contributed by atoms with Crippen molar-refractivity contribution >= 4 is 22.5 Å². The van der Waals surface area contributed by atoms with Gasteiger partial charge in [-0.2, -0.15) is 5.10 Å². The summed E-state index contributed by atoms with van der Waals surface area (Å²) in [6, 6.07) is 6.06. The molecule has 4 rings (SSSR count). The predicted molar refractivity (Wildman–Crippen MR) is 73.0 cm³/mol. The van der Waals surface area contributed by atoms with E-state index < -0.39 is 0 Å². The second-order valence-corrected chi connectivity index (χ2v) is 5.41. The number of aromatic nitrogens is 2. The van der Waals surface area contributed by atoms with Crippen LogP contribution in [0.2, 0.25) is 0 Å². The minimum Gasteiger partial charge on any atom is -0.310 e. The van der Waals surface area contributed by atoms with Crippen molar-refractivity contribution in [1.29, 1.82) is 0 Å². The summed E-state index contributed by atoms with van der Waals surface area (Å²) in [6.45, 7) is 1.79. The molecule has 1 amide bonds. The Kier molecular flexibility index (Phi) is 2.20. The second kappa shape index (κ2) is 3.81. The van der Waals surface area contributed by atoms with E-state index in [0.717, 1.165) is 36.1 Å². The Labute approximate surface area is 111 Å². The number of fused-ring (bicyclic) bond motifs is 2. The molecule has 0 spiro atoms. The van der Waals surface area contributed by atoms with Crippen LogP contribution in [-0.2, 0) is 11.8 Å². The van der Waals surface area contributed by atoms with Gasteiger partial charge in [0.25, 0.3) is 0 Å². The van der Waals surface area contributed by atoms with Gasteiger partial charge < -0.3 is 10.2 Å². The van der Waals surface area contributed by atoms with Gasteiger partial charge in [-0.05, 0) is 25.1 Å². The van der Waals surface area contributed by atoms with Crippen LogP contribution in [0.1, 0.15) is 6.42 Å². The topological polar surface area (TPSA) is 50.2 Å². The standard InChI is InChI=1S/C14H16N4O/c1-17-11-3-2-4-12(10(11)7-16-17)18-8-9-5-6-15-13(9)14(18)19/h2-4,7,9,13,15H,5-6,8H2,1H3. The first kappa shape index (κ1) is 11.0. The van der Waals surface area contributed by atoms with Gasteiger partial charge in [0.1, 0.15) is 0 Å². The maximum Gasteiger partial charge on any atom is 0.244 e. The number of carbonyl (C=O) groups is 1. The Morgan fingerprint density at radius 1 is 1.42 bits per heavy atom. The number of rotatable bonds is 1. The van der Waals surface area contributed by atoms with Crippen LogP contribution in [0.25, 0.3) is 10.9 Å². The van der Waals surface area contributed by atoms with E-state index in [1.807, 2.05) is 41.0 Å². The normalized spacial score (nSPS) is 26.4. The van der Waals surface area contributed by atoms with Crippen molar-refractivity contribution in [1.82, 2.24) is 15.1 Å². The molecule has 0 saturated carbocycles. The molecule has 2 fully saturated rings. The fourth-order valence-corrected chi connectivity index (χ4v) is 3.35. The molecular formula is C14H16N4O. The summed E-state index contributed by atoms with van der Waals surface area (Å²) in [5.74, 6) is 0.665. The Morgan fingerprint density at radius 3 is 3.16 bits per heavy atom. The van der Waals surface area contributed by atoms with Crippen LogP contribution in [0.15, 0.2) is 24.4 Å². The van der Waals surface area contributed by atoms with Crippen molar-refractivity contribution in [3.05, 3.63) is 24.4 Å². The van der Waals surface area contributed by atoms with Gasteiger partial charge in [0.15, 0.2) is 0 Å². The first-order valence-electron chi connectivity index (χ1n) is 6.71. The van der Waals surface area contributed by atoms with Gasteiger partial charge in [-0.25, -0.2) is 0 Å². The van der Waals surface area contributed by atoms with E-state index in [1.54, 1.807) is 0 Å². The summed E-state index contributed by atoms with van der Waals surface area (Å²) in [5.41, 5.74) is 2.06. The molecule has 1 aromatic carbocycles. The largest absolute Gasteiger partial charge is 0.310 e. The van der Waals surface area contributed by atoms with Gasteiger partial charge in [0.05, 0.1) is 23.4 Å². The van der Waals surface area contributed by atoms with E-state index in [1.165, 1.54) is 0 Å². The van der Waals surface area contributed by atoms with Crippen LogP contribution < -0.4 is 10.2 Å². The number of aryl methyl sites for hydroxylation is 1. The van der Waals surface area contributed by atoms with Crippen molar-refractivity contribution < 1.29 is 4.79 Å².